The van der Waals surface area contributed by atoms with Crippen molar-refractivity contribution in [2.75, 3.05) is 14.2 Å². The molecule has 2 amide bonds. The molecule has 2 N–H and O–H groups in total. The molecule has 6 nitrogen and oxygen atoms in total. The van der Waals surface area contributed by atoms with Gasteiger partial charge in [-0.05, 0) is 36.2 Å². The van der Waals surface area contributed by atoms with Crippen molar-refractivity contribution < 1.29 is 23.5 Å². The summed E-state index contributed by atoms with van der Waals surface area (Å²) < 4.78 is 24.3. The molecular weight excluding hydrogens is 363 g/mol. The Hall–Kier alpha value is -3.09. The summed E-state index contributed by atoms with van der Waals surface area (Å²) in [5.41, 5.74) is 0.633. The van der Waals surface area contributed by atoms with E-state index in [1.165, 1.54) is 18.2 Å². The van der Waals surface area contributed by atoms with Crippen LogP contribution in [0, 0.1) is 11.7 Å². The highest BCUT2D eigenvalue weighted by Crippen LogP contribution is 2.23. The first kappa shape index (κ1) is 21.2. The van der Waals surface area contributed by atoms with E-state index in [9.17, 15) is 14.0 Å². The van der Waals surface area contributed by atoms with Gasteiger partial charge in [-0.25, -0.2) is 4.39 Å². The fraction of sp³-hybridized carbons (Fsp3) is 0.333. The molecule has 0 aliphatic heterocycles. The first-order valence-corrected chi connectivity index (χ1v) is 8.91. The van der Waals surface area contributed by atoms with Crippen molar-refractivity contribution in [2.45, 2.75) is 26.4 Å². The van der Waals surface area contributed by atoms with Crippen LogP contribution >= 0.6 is 0 Å². The van der Waals surface area contributed by atoms with Crippen LogP contribution in [0.15, 0.2) is 42.5 Å². The lowest BCUT2D eigenvalue weighted by Crippen LogP contribution is -2.49. The molecular formula is C21H25FN2O4. The van der Waals surface area contributed by atoms with Crippen molar-refractivity contribution in [3.8, 4) is 11.5 Å². The maximum Gasteiger partial charge on any atom is 0.254 e. The first-order valence-electron chi connectivity index (χ1n) is 8.91. The van der Waals surface area contributed by atoms with E-state index in [0.717, 1.165) is 5.56 Å². The van der Waals surface area contributed by atoms with Crippen molar-refractivity contribution in [1.82, 2.24) is 10.6 Å². The number of carbonyl (C=O) groups is 2. The quantitative estimate of drug-likeness (QED) is 0.729. The maximum absolute atomic E-state index is 13.8. The standard InChI is InChI=1S/C21H25FN2O4/c1-13(2)19(24-20(25)16-7-5-6-8-17(16)22)21(26)23-12-14-11-15(27-3)9-10-18(14)28-4/h5-11,13,19H,12H2,1-4H3,(H,23,26)(H,24,25). The van der Waals surface area contributed by atoms with Crippen LogP contribution in [0.2, 0.25) is 0 Å². The lowest BCUT2D eigenvalue weighted by molar-refractivity contribution is -0.124. The largest absolute Gasteiger partial charge is 0.497 e. The van der Waals surface area contributed by atoms with Gasteiger partial charge in [-0.2, -0.15) is 0 Å². The van der Waals surface area contributed by atoms with Gasteiger partial charge >= 0.3 is 0 Å². The van der Waals surface area contributed by atoms with Crippen LogP contribution in [0.5, 0.6) is 11.5 Å². The predicted octanol–water partition coefficient (Wildman–Crippen LogP) is 2.91. The molecule has 1 atom stereocenters. The predicted molar refractivity (Wildman–Crippen MR) is 104 cm³/mol. The van der Waals surface area contributed by atoms with E-state index in [2.05, 4.69) is 10.6 Å². The number of rotatable bonds is 8. The van der Waals surface area contributed by atoms with E-state index in [1.54, 1.807) is 52.3 Å². The maximum atomic E-state index is 13.8. The second-order valence-electron chi connectivity index (χ2n) is 6.57. The van der Waals surface area contributed by atoms with Gasteiger partial charge in [-0.1, -0.05) is 26.0 Å². The summed E-state index contributed by atoms with van der Waals surface area (Å²) in [7, 11) is 3.09. The molecule has 0 aromatic heterocycles. The highest BCUT2D eigenvalue weighted by atomic mass is 19.1. The molecule has 28 heavy (non-hydrogen) atoms. The van der Waals surface area contributed by atoms with Gasteiger partial charge in [-0.3, -0.25) is 9.59 Å². The Bertz CT molecular complexity index is 839. The number of hydrogen-bond donors (Lipinski definition) is 2. The number of benzene rings is 2. The third-order valence-electron chi connectivity index (χ3n) is 4.29. The normalized spacial score (nSPS) is 11.6. The number of amides is 2. The summed E-state index contributed by atoms with van der Waals surface area (Å²) in [6.07, 6.45) is 0. The minimum Gasteiger partial charge on any atom is -0.497 e. The van der Waals surface area contributed by atoms with E-state index >= 15 is 0 Å². The summed E-state index contributed by atoms with van der Waals surface area (Å²) >= 11 is 0. The van der Waals surface area contributed by atoms with E-state index in [1.807, 2.05) is 0 Å². The number of carbonyl (C=O) groups excluding carboxylic acids is 2. The van der Waals surface area contributed by atoms with E-state index in [4.69, 9.17) is 9.47 Å². The third kappa shape index (κ3) is 5.22. The average molecular weight is 388 g/mol. The molecule has 0 aliphatic rings. The Kier molecular flexibility index (Phi) is 7.37. The van der Waals surface area contributed by atoms with Crippen molar-refractivity contribution in [3.05, 3.63) is 59.4 Å². The van der Waals surface area contributed by atoms with E-state index in [-0.39, 0.29) is 23.9 Å². The Morgan fingerprint density at radius 3 is 2.39 bits per heavy atom. The highest BCUT2D eigenvalue weighted by molar-refractivity contribution is 5.97. The van der Waals surface area contributed by atoms with E-state index in [0.29, 0.717) is 11.5 Å². The molecule has 1 unspecified atom stereocenters. The molecule has 2 aromatic carbocycles. The van der Waals surface area contributed by atoms with Crippen LogP contribution in [0.4, 0.5) is 4.39 Å². The van der Waals surface area contributed by atoms with Gasteiger partial charge in [0.15, 0.2) is 0 Å². The van der Waals surface area contributed by atoms with Crippen molar-refractivity contribution in [2.24, 2.45) is 5.92 Å². The van der Waals surface area contributed by atoms with Crippen LogP contribution < -0.4 is 20.1 Å². The van der Waals surface area contributed by atoms with Gasteiger partial charge in [0.2, 0.25) is 5.91 Å². The lowest BCUT2D eigenvalue weighted by atomic mass is 10.0. The monoisotopic (exact) mass is 388 g/mol. The summed E-state index contributed by atoms with van der Waals surface area (Å²) in [4.78, 5) is 25.0. The molecule has 7 heteroatoms. The second-order valence-corrected chi connectivity index (χ2v) is 6.57. The smallest absolute Gasteiger partial charge is 0.254 e. The lowest BCUT2D eigenvalue weighted by Gasteiger charge is -2.22. The Labute approximate surface area is 164 Å². The first-order chi connectivity index (χ1) is 13.4. The van der Waals surface area contributed by atoms with E-state index < -0.39 is 17.8 Å². The minimum atomic E-state index is -0.816. The zero-order valence-electron chi connectivity index (χ0n) is 16.4. The number of ether oxygens (including phenoxy) is 2. The number of methoxy groups -OCH3 is 2. The molecule has 0 fully saturated rings. The average Bonchev–Trinajstić information content (AvgIpc) is 2.69. The van der Waals surface area contributed by atoms with Gasteiger partial charge in [0.05, 0.1) is 19.8 Å². The molecule has 0 aliphatic carbocycles. The zero-order chi connectivity index (χ0) is 20.7. The van der Waals surface area contributed by atoms with Crippen LogP contribution in [0.3, 0.4) is 0 Å². The zero-order valence-corrected chi connectivity index (χ0v) is 16.4. The van der Waals surface area contributed by atoms with Gasteiger partial charge in [0.25, 0.3) is 5.91 Å². The number of nitrogens with one attached hydrogen (secondary N) is 2. The van der Waals surface area contributed by atoms with Crippen LogP contribution in [-0.4, -0.2) is 32.1 Å². The Morgan fingerprint density at radius 1 is 1.07 bits per heavy atom. The molecule has 2 aromatic rings. The summed E-state index contributed by atoms with van der Waals surface area (Å²) in [6.45, 7) is 3.80. The highest BCUT2D eigenvalue weighted by Gasteiger charge is 2.25. The molecule has 0 heterocycles. The van der Waals surface area contributed by atoms with Crippen molar-refractivity contribution in [1.29, 1.82) is 0 Å². The van der Waals surface area contributed by atoms with Crippen LogP contribution in [-0.2, 0) is 11.3 Å². The van der Waals surface area contributed by atoms with Crippen LogP contribution in [0.25, 0.3) is 0 Å². The van der Waals surface area contributed by atoms with Gasteiger partial charge in [0, 0.05) is 12.1 Å². The third-order valence-corrected chi connectivity index (χ3v) is 4.29. The fourth-order valence-electron chi connectivity index (χ4n) is 2.71. The van der Waals surface area contributed by atoms with Gasteiger partial charge < -0.3 is 20.1 Å². The molecule has 0 bridgehead atoms. The minimum absolute atomic E-state index is 0.101. The molecule has 0 saturated carbocycles. The second kappa shape index (κ2) is 9.73. The van der Waals surface area contributed by atoms with Crippen molar-refractivity contribution >= 4 is 11.8 Å². The molecule has 0 radical (unpaired) electrons. The molecule has 0 saturated heterocycles. The summed E-state index contributed by atoms with van der Waals surface area (Å²) in [6, 6.07) is 10.1. The number of hydrogen-bond acceptors (Lipinski definition) is 4. The molecule has 0 spiro atoms. The topological polar surface area (TPSA) is 76.7 Å². The SMILES string of the molecule is COc1ccc(OC)c(CNC(=O)C(NC(=O)c2ccccc2F)C(C)C)c1. The molecule has 2 rings (SSSR count). The summed E-state index contributed by atoms with van der Waals surface area (Å²) in [5.74, 6) is -0.585. The van der Waals surface area contributed by atoms with Gasteiger partial charge in [0.1, 0.15) is 23.4 Å². The summed E-state index contributed by atoms with van der Waals surface area (Å²) in [5, 5.41) is 5.41. The Balaban J connectivity index is 2.09. The number of halogens is 1. The van der Waals surface area contributed by atoms with Gasteiger partial charge in [-0.15, -0.1) is 0 Å². The fourth-order valence-corrected chi connectivity index (χ4v) is 2.71. The van der Waals surface area contributed by atoms with Crippen molar-refractivity contribution in [3.63, 3.8) is 0 Å². The van der Waals surface area contributed by atoms with Crippen LogP contribution in [0.1, 0.15) is 29.8 Å². The Morgan fingerprint density at radius 2 is 1.79 bits per heavy atom. The molecule has 150 valence electrons.